The van der Waals surface area contributed by atoms with Gasteiger partial charge in [0.15, 0.2) is 5.78 Å². The summed E-state index contributed by atoms with van der Waals surface area (Å²) in [5.41, 5.74) is 9.71. The second kappa shape index (κ2) is 5.40. The Morgan fingerprint density at radius 3 is 2.21 bits per heavy atom. The van der Waals surface area contributed by atoms with Gasteiger partial charge in [-0.1, -0.05) is 43.0 Å². The largest absolute Gasteiger partial charge is 0.397 e. The van der Waals surface area contributed by atoms with Crippen LogP contribution in [0.5, 0.6) is 0 Å². The molecule has 96 valence electrons. The molecule has 0 unspecified atom stereocenters. The number of ketones is 1. The average molecular weight is 252 g/mol. The van der Waals surface area contributed by atoms with Crippen LogP contribution >= 0.6 is 0 Å². The Balaban J connectivity index is 2.16. The molecule has 2 aromatic rings. The van der Waals surface area contributed by atoms with Crippen molar-refractivity contribution in [3.05, 3.63) is 66.2 Å². The third-order valence-corrected chi connectivity index (χ3v) is 2.89. The molecule has 3 N–H and O–H groups in total. The summed E-state index contributed by atoms with van der Waals surface area (Å²) < 4.78 is 0. The highest BCUT2D eigenvalue weighted by atomic mass is 16.1. The molecule has 0 fully saturated rings. The number of benzene rings is 2. The van der Waals surface area contributed by atoms with Crippen LogP contribution in [-0.4, -0.2) is 5.78 Å². The van der Waals surface area contributed by atoms with Gasteiger partial charge in [-0.15, -0.1) is 0 Å². The number of hydrogen-bond donors (Lipinski definition) is 2. The van der Waals surface area contributed by atoms with Crippen LogP contribution in [0.2, 0.25) is 0 Å². The van der Waals surface area contributed by atoms with Gasteiger partial charge in [-0.05, 0) is 24.6 Å². The van der Waals surface area contributed by atoms with Crippen molar-refractivity contribution in [2.24, 2.45) is 0 Å². The summed E-state index contributed by atoms with van der Waals surface area (Å²) in [5.74, 6) is 0.0532. The van der Waals surface area contributed by atoms with Crippen molar-refractivity contribution < 1.29 is 4.79 Å². The maximum atomic E-state index is 11.2. The molecule has 0 saturated heterocycles. The summed E-state index contributed by atoms with van der Waals surface area (Å²) in [4.78, 5) is 11.2. The number of para-hydroxylation sites is 2. The summed E-state index contributed by atoms with van der Waals surface area (Å²) in [5, 5.41) is 3.17. The molecule has 0 heterocycles. The average Bonchev–Trinajstić information content (AvgIpc) is 2.41. The Morgan fingerprint density at radius 1 is 1.05 bits per heavy atom. The van der Waals surface area contributed by atoms with Crippen molar-refractivity contribution in [1.82, 2.24) is 0 Å². The van der Waals surface area contributed by atoms with E-state index in [0.717, 1.165) is 16.9 Å². The van der Waals surface area contributed by atoms with Crippen LogP contribution in [0.15, 0.2) is 55.1 Å². The van der Waals surface area contributed by atoms with Crippen molar-refractivity contribution in [2.75, 3.05) is 11.1 Å². The van der Waals surface area contributed by atoms with E-state index in [1.807, 2.05) is 36.4 Å². The van der Waals surface area contributed by atoms with Gasteiger partial charge in [-0.25, -0.2) is 0 Å². The fourth-order valence-electron chi connectivity index (χ4n) is 1.75. The third-order valence-electron chi connectivity index (χ3n) is 2.89. The summed E-state index contributed by atoms with van der Waals surface area (Å²) in [6.07, 6.45) is 0. The van der Waals surface area contributed by atoms with Crippen LogP contribution in [0.3, 0.4) is 0 Å². The Hall–Kier alpha value is -2.55. The summed E-state index contributed by atoms with van der Waals surface area (Å²) in [6, 6.07) is 14.8. The number of carbonyl (C=O) groups is 1. The zero-order valence-corrected chi connectivity index (χ0v) is 10.8. The first kappa shape index (κ1) is 12.9. The maximum Gasteiger partial charge on any atom is 0.159 e. The van der Waals surface area contributed by atoms with E-state index in [4.69, 9.17) is 5.73 Å². The van der Waals surface area contributed by atoms with E-state index >= 15 is 0 Å². The number of anilines is 2. The lowest BCUT2D eigenvalue weighted by Gasteiger charge is -2.12. The van der Waals surface area contributed by atoms with E-state index < -0.39 is 0 Å². The van der Waals surface area contributed by atoms with Gasteiger partial charge in [0.25, 0.3) is 0 Å². The topological polar surface area (TPSA) is 55.1 Å². The van der Waals surface area contributed by atoms with E-state index in [-0.39, 0.29) is 5.78 Å². The predicted octanol–water partition coefficient (Wildman–Crippen LogP) is 3.55. The summed E-state index contributed by atoms with van der Waals surface area (Å²) >= 11 is 0. The SMILES string of the molecule is C=C(Nc1ccccc1N)c1ccc(C(C)=O)cc1. The molecule has 19 heavy (non-hydrogen) atoms. The quantitative estimate of drug-likeness (QED) is 0.646. The molecule has 0 aliphatic carbocycles. The zero-order chi connectivity index (χ0) is 13.8. The van der Waals surface area contributed by atoms with E-state index in [9.17, 15) is 4.79 Å². The Morgan fingerprint density at radius 2 is 1.63 bits per heavy atom. The number of nitrogens with one attached hydrogen (secondary N) is 1. The first-order valence-electron chi connectivity index (χ1n) is 6.00. The lowest BCUT2D eigenvalue weighted by Crippen LogP contribution is -2.01. The molecule has 0 aliphatic heterocycles. The lowest BCUT2D eigenvalue weighted by atomic mass is 10.1. The van der Waals surface area contributed by atoms with Crippen LogP contribution < -0.4 is 11.1 Å². The Labute approximate surface area is 112 Å². The first-order chi connectivity index (χ1) is 9.08. The van der Waals surface area contributed by atoms with Crippen LogP contribution in [0.1, 0.15) is 22.8 Å². The molecule has 0 saturated carbocycles. The minimum absolute atomic E-state index is 0.0532. The van der Waals surface area contributed by atoms with Crippen LogP contribution in [-0.2, 0) is 0 Å². The number of hydrogen-bond acceptors (Lipinski definition) is 3. The Bertz CT molecular complexity index is 615. The molecule has 0 aliphatic rings. The van der Waals surface area contributed by atoms with Crippen molar-refractivity contribution in [1.29, 1.82) is 0 Å². The normalized spacial score (nSPS) is 9.95. The van der Waals surface area contributed by atoms with Crippen molar-refractivity contribution in [3.8, 4) is 0 Å². The number of nitrogen functional groups attached to an aromatic ring is 1. The van der Waals surface area contributed by atoms with Crippen LogP contribution in [0.4, 0.5) is 11.4 Å². The predicted molar refractivity (Wildman–Crippen MR) is 80.0 cm³/mol. The van der Waals surface area contributed by atoms with Gasteiger partial charge in [0.1, 0.15) is 0 Å². The van der Waals surface area contributed by atoms with Crippen molar-refractivity contribution >= 4 is 22.9 Å². The number of carbonyl (C=O) groups excluding carboxylic acids is 1. The lowest BCUT2D eigenvalue weighted by molar-refractivity contribution is 0.101. The van der Waals surface area contributed by atoms with Gasteiger partial charge in [0.2, 0.25) is 0 Å². The minimum atomic E-state index is 0.0532. The maximum absolute atomic E-state index is 11.2. The fraction of sp³-hybridized carbons (Fsp3) is 0.0625. The molecule has 0 atom stereocenters. The molecule has 3 nitrogen and oxygen atoms in total. The smallest absolute Gasteiger partial charge is 0.159 e. The molecule has 0 amide bonds. The molecular weight excluding hydrogens is 236 g/mol. The molecular formula is C16H16N2O. The van der Waals surface area contributed by atoms with Crippen molar-refractivity contribution in [3.63, 3.8) is 0 Å². The summed E-state index contributed by atoms with van der Waals surface area (Å²) in [7, 11) is 0. The second-order valence-corrected chi connectivity index (χ2v) is 4.32. The van der Waals surface area contributed by atoms with Crippen molar-refractivity contribution in [2.45, 2.75) is 6.92 Å². The third kappa shape index (κ3) is 3.01. The zero-order valence-electron chi connectivity index (χ0n) is 10.8. The highest BCUT2D eigenvalue weighted by Crippen LogP contribution is 2.22. The van der Waals surface area contributed by atoms with E-state index in [2.05, 4.69) is 11.9 Å². The van der Waals surface area contributed by atoms with Gasteiger partial charge >= 0.3 is 0 Å². The molecule has 0 spiro atoms. The minimum Gasteiger partial charge on any atom is -0.397 e. The highest BCUT2D eigenvalue weighted by Gasteiger charge is 2.03. The monoisotopic (exact) mass is 252 g/mol. The van der Waals surface area contributed by atoms with Crippen LogP contribution in [0.25, 0.3) is 5.70 Å². The van der Waals surface area contributed by atoms with E-state index in [0.29, 0.717) is 11.3 Å². The molecule has 3 heteroatoms. The summed E-state index contributed by atoms with van der Waals surface area (Å²) in [6.45, 7) is 5.53. The molecule has 0 bridgehead atoms. The Kier molecular flexibility index (Phi) is 3.66. The highest BCUT2D eigenvalue weighted by molar-refractivity contribution is 5.94. The number of nitrogens with two attached hydrogens (primary N) is 1. The first-order valence-corrected chi connectivity index (χ1v) is 6.00. The fourth-order valence-corrected chi connectivity index (χ4v) is 1.75. The van der Waals surface area contributed by atoms with Gasteiger partial charge in [0, 0.05) is 11.3 Å². The number of rotatable bonds is 4. The molecule has 2 aromatic carbocycles. The van der Waals surface area contributed by atoms with Crippen LogP contribution in [0, 0.1) is 0 Å². The molecule has 0 radical (unpaired) electrons. The van der Waals surface area contributed by atoms with Gasteiger partial charge in [-0.2, -0.15) is 0 Å². The standard InChI is InChI=1S/C16H16N2O/c1-11(18-16-6-4-3-5-15(16)17)13-7-9-14(10-8-13)12(2)19/h3-10,18H,1,17H2,2H3. The molecule has 0 aromatic heterocycles. The second-order valence-electron chi connectivity index (χ2n) is 4.32. The van der Waals surface area contributed by atoms with Gasteiger partial charge in [-0.3, -0.25) is 4.79 Å². The number of Topliss-reactive ketones (excluding diaryl/α,β-unsaturated/α-hetero) is 1. The van der Waals surface area contributed by atoms with E-state index in [1.54, 1.807) is 19.1 Å². The molecule has 2 rings (SSSR count). The van der Waals surface area contributed by atoms with E-state index in [1.165, 1.54) is 0 Å². The van der Waals surface area contributed by atoms with Gasteiger partial charge in [0.05, 0.1) is 11.4 Å². The van der Waals surface area contributed by atoms with Gasteiger partial charge < -0.3 is 11.1 Å².